The Morgan fingerprint density at radius 3 is 2.25 bits per heavy atom. The molecule has 3 amide bonds. The number of hydrogen-bond acceptors (Lipinski definition) is 6. The summed E-state index contributed by atoms with van der Waals surface area (Å²) in [5, 5.41) is 9.89. The molecule has 0 aromatic heterocycles. The van der Waals surface area contributed by atoms with Gasteiger partial charge in [-0.05, 0) is 45.4 Å². The van der Waals surface area contributed by atoms with Crippen LogP contribution in [0.5, 0.6) is 0 Å². The number of carbonyl (C=O) groups is 5. The van der Waals surface area contributed by atoms with Crippen molar-refractivity contribution < 1.29 is 28.4 Å². The maximum atomic E-state index is 13.3. The van der Waals surface area contributed by atoms with Gasteiger partial charge in [-0.1, -0.05) is 25.5 Å². The van der Waals surface area contributed by atoms with E-state index in [1.807, 2.05) is 6.92 Å². The van der Waals surface area contributed by atoms with Gasteiger partial charge in [0, 0.05) is 13.0 Å². The van der Waals surface area contributed by atoms with Crippen LogP contribution < -0.4 is 21.3 Å². The van der Waals surface area contributed by atoms with Crippen molar-refractivity contribution in [3.05, 3.63) is 30.1 Å². The lowest BCUT2D eigenvalue weighted by molar-refractivity contribution is -0.137. The summed E-state index contributed by atoms with van der Waals surface area (Å²) in [6.45, 7) is 4.54. The van der Waals surface area contributed by atoms with Crippen LogP contribution in [0.4, 0.5) is 10.1 Å². The zero-order valence-electron chi connectivity index (χ0n) is 18.8. The van der Waals surface area contributed by atoms with Gasteiger partial charge >= 0.3 is 11.8 Å². The summed E-state index contributed by atoms with van der Waals surface area (Å²) in [6, 6.07) is 4.80. The molecule has 32 heavy (non-hydrogen) atoms. The lowest BCUT2D eigenvalue weighted by Crippen LogP contribution is -2.42. The van der Waals surface area contributed by atoms with Crippen molar-refractivity contribution in [2.45, 2.75) is 58.0 Å². The minimum atomic E-state index is -1.01. The van der Waals surface area contributed by atoms with Crippen LogP contribution in [0.3, 0.4) is 0 Å². The van der Waals surface area contributed by atoms with Crippen LogP contribution in [-0.2, 0) is 24.0 Å². The molecule has 1 aliphatic rings. The smallest absolute Gasteiger partial charge is 0.313 e. The summed E-state index contributed by atoms with van der Waals surface area (Å²) in [4.78, 5) is 53.7. The monoisotopic (exact) mass is 452 g/mol. The highest BCUT2D eigenvalue weighted by atomic mass is 19.1. The largest absolute Gasteiger partial charge is 0.356 e. The van der Waals surface area contributed by atoms with E-state index in [4.69, 9.17) is 0 Å². The van der Waals surface area contributed by atoms with E-state index in [-0.39, 0.29) is 17.6 Å². The number of likely N-dealkylation sites (N-methyl/N-ethyl adjacent to an activating group) is 1. The molecule has 1 saturated heterocycles. The highest BCUT2D eigenvalue weighted by molar-refractivity contribution is 6.39. The van der Waals surface area contributed by atoms with Gasteiger partial charge in [-0.2, -0.15) is 0 Å². The molecule has 2 rings (SSSR count). The quantitative estimate of drug-likeness (QED) is 0.364. The molecule has 0 radical (unpaired) electrons. The molecular weight excluding hydrogens is 419 g/mol. The Labute approximate surface area is 187 Å². The molecule has 0 aliphatic carbocycles. The minimum Gasteiger partial charge on any atom is -0.356 e. The van der Waals surface area contributed by atoms with Crippen LogP contribution in [0.25, 0.3) is 0 Å². The number of carbonyl (C=O) groups excluding carboxylic acids is 5. The van der Waals surface area contributed by atoms with E-state index in [1.54, 1.807) is 14.0 Å². The zero-order chi connectivity index (χ0) is 24.4. The van der Waals surface area contributed by atoms with Gasteiger partial charge in [-0.3, -0.25) is 14.4 Å². The molecule has 1 heterocycles. The van der Waals surface area contributed by atoms with Gasteiger partial charge in [-0.15, -0.1) is 0 Å². The normalized spacial score (nSPS) is 14.1. The molecule has 10 heteroatoms. The summed E-state index contributed by atoms with van der Waals surface area (Å²) >= 11 is 0. The number of para-hydroxylation sites is 1. The van der Waals surface area contributed by atoms with Gasteiger partial charge in [0.15, 0.2) is 0 Å². The van der Waals surface area contributed by atoms with Gasteiger partial charge in [-0.25, -0.2) is 4.39 Å². The van der Waals surface area contributed by atoms with E-state index < -0.39 is 23.7 Å². The molecule has 178 valence electrons. The first kappa shape index (κ1) is 28.9. The molecule has 1 fully saturated rings. The topological polar surface area (TPSA) is 133 Å². The summed E-state index contributed by atoms with van der Waals surface area (Å²) < 4.78 is 13.3. The first-order valence-electron chi connectivity index (χ1n) is 10.5. The number of halogens is 1. The van der Waals surface area contributed by atoms with E-state index in [0.29, 0.717) is 19.1 Å². The average Bonchev–Trinajstić information content (AvgIpc) is 2.80. The van der Waals surface area contributed by atoms with E-state index in [9.17, 15) is 28.4 Å². The second kappa shape index (κ2) is 17.5. The molecule has 4 N–H and O–H groups in total. The molecule has 9 nitrogen and oxygen atoms in total. The highest BCUT2D eigenvalue weighted by Crippen LogP contribution is 2.11. The van der Waals surface area contributed by atoms with Crippen LogP contribution in [-0.4, -0.2) is 56.0 Å². The number of nitrogens with one attached hydrogen (secondary N) is 4. The number of piperidine rings is 1. The van der Waals surface area contributed by atoms with Crippen molar-refractivity contribution in [2.24, 2.45) is 0 Å². The number of anilines is 1. The van der Waals surface area contributed by atoms with E-state index in [0.717, 1.165) is 32.1 Å². The third-order valence-electron chi connectivity index (χ3n) is 4.22. The van der Waals surface area contributed by atoms with Crippen molar-refractivity contribution in [2.75, 3.05) is 18.9 Å². The number of benzene rings is 1. The zero-order valence-corrected chi connectivity index (χ0v) is 18.8. The Hall–Kier alpha value is -3.14. The summed E-state index contributed by atoms with van der Waals surface area (Å²) in [5.41, 5.74) is -0.0826. The van der Waals surface area contributed by atoms with Crippen molar-refractivity contribution in [3.63, 3.8) is 0 Å². The predicted octanol–water partition coefficient (Wildman–Crippen LogP) is 1.33. The first-order chi connectivity index (χ1) is 15.3. The predicted molar refractivity (Wildman–Crippen MR) is 119 cm³/mol. The van der Waals surface area contributed by atoms with E-state index >= 15 is 0 Å². The third-order valence-corrected chi connectivity index (χ3v) is 4.22. The van der Waals surface area contributed by atoms with E-state index in [2.05, 4.69) is 21.3 Å². The maximum Gasteiger partial charge on any atom is 0.313 e. The second-order valence-electron chi connectivity index (χ2n) is 6.96. The molecule has 0 spiro atoms. The lowest BCUT2D eigenvalue weighted by atomic mass is 10.2. The van der Waals surface area contributed by atoms with Crippen LogP contribution >= 0.6 is 0 Å². The fourth-order valence-electron chi connectivity index (χ4n) is 2.26. The fraction of sp³-hybridized carbons (Fsp3) is 0.500. The second-order valence-corrected chi connectivity index (χ2v) is 6.96. The molecule has 0 saturated carbocycles. The van der Waals surface area contributed by atoms with Gasteiger partial charge in [0.05, 0.1) is 17.8 Å². The lowest BCUT2D eigenvalue weighted by Gasteiger charge is -2.11. The summed E-state index contributed by atoms with van der Waals surface area (Å²) in [6.07, 6.45) is 5.54. The molecule has 2 unspecified atom stereocenters. The van der Waals surface area contributed by atoms with Crippen LogP contribution in [0.2, 0.25) is 0 Å². The molecule has 1 aromatic rings. The average molecular weight is 453 g/mol. The summed E-state index contributed by atoms with van der Waals surface area (Å²) in [7, 11) is 1.75. The van der Waals surface area contributed by atoms with Gasteiger partial charge in [0.25, 0.3) is 0 Å². The van der Waals surface area contributed by atoms with Crippen LogP contribution in [0.1, 0.15) is 46.0 Å². The SMILES string of the molecule is CCCC(C=O)NC(=O)C(=O)Nc1ccccc1F.CNC(C)C=O.O=C1CCCCN1. The Morgan fingerprint density at radius 2 is 1.84 bits per heavy atom. The minimum absolute atomic E-state index is 0.00463. The van der Waals surface area contributed by atoms with Gasteiger partial charge in [0.2, 0.25) is 5.91 Å². The van der Waals surface area contributed by atoms with Crippen LogP contribution in [0, 0.1) is 5.82 Å². The summed E-state index contributed by atoms with van der Waals surface area (Å²) in [5.74, 6) is -2.39. The Kier molecular flexibility index (Phi) is 15.8. The fourth-order valence-corrected chi connectivity index (χ4v) is 2.26. The Morgan fingerprint density at radius 1 is 1.16 bits per heavy atom. The van der Waals surface area contributed by atoms with E-state index in [1.165, 1.54) is 24.3 Å². The van der Waals surface area contributed by atoms with Crippen molar-refractivity contribution >= 4 is 36.0 Å². The number of aldehydes is 2. The van der Waals surface area contributed by atoms with Crippen molar-refractivity contribution in [1.82, 2.24) is 16.0 Å². The Bertz CT molecular complexity index is 737. The first-order valence-corrected chi connectivity index (χ1v) is 10.5. The number of hydrogen-bond donors (Lipinski definition) is 4. The molecular formula is C22H33FN4O5. The van der Waals surface area contributed by atoms with Gasteiger partial charge < -0.3 is 30.9 Å². The van der Waals surface area contributed by atoms with Crippen molar-refractivity contribution in [1.29, 1.82) is 0 Å². The maximum absolute atomic E-state index is 13.3. The molecule has 0 bridgehead atoms. The highest BCUT2D eigenvalue weighted by Gasteiger charge is 2.18. The molecule has 1 aliphatic heterocycles. The van der Waals surface area contributed by atoms with Gasteiger partial charge in [0.1, 0.15) is 18.4 Å². The number of amides is 3. The van der Waals surface area contributed by atoms with Crippen LogP contribution in [0.15, 0.2) is 24.3 Å². The number of rotatable bonds is 7. The molecule has 2 atom stereocenters. The molecule has 1 aromatic carbocycles. The Balaban J connectivity index is 0.000000599. The standard InChI is InChI=1S/C13H15FN2O3.C5H9NO.C4H9NO/c1-2-5-9(8-17)15-12(18)13(19)16-11-7-4-3-6-10(11)14;7-5-3-1-2-4-6-5;1-4(3-6)5-2/h3-4,6-9H,2,5H2,1H3,(H,15,18)(H,16,19);1-4H2,(H,6,7);3-5H,1-2H3. The third kappa shape index (κ3) is 13.2. The van der Waals surface area contributed by atoms with Crippen molar-refractivity contribution in [3.8, 4) is 0 Å².